The Balaban J connectivity index is 1.65. The van der Waals surface area contributed by atoms with Gasteiger partial charge in [0.15, 0.2) is 0 Å². The zero-order valence-corrected chi connectivity index (χ0v) is 14.9. The Labute approximate surface area is 140 Å². The Morgan fingerprint density at radius 1 is 1.17 bits per heavy atom. The van der Waals surface area contributed by atoms with E-state index in [9.17, 15) is 9.59 Å². The van der Waals surface area contributed by atoms with Crippen LogP contribution in [-0.4, -0.2) is 11.6 Å². The maximum Gasteiger partial charge on any atom is 0.134 e. The van der Waals surface area contributed by atoms with Gasteiger partial charge in [-0.1, -0.05) is 25.5 Å². The molecular formula is C21H30O2. The van der Waals surface area contributed by atoms with Crippen molar-refractivity contribution >= 4 is 11.6 Å². The van der Waals surface area contributed by atoms with Gasteiger partial charge in [0.1, 0.15) is 11.6 Å². The van der Waals surface area contributed by atoms with Crippen LogP contribution in [0.25, 0.3) is 0 Å². The third kappa shape index (κ3) is 2.06. The summed E-state index contributed by atoms with van der Waals surface area (Å²) in [4.78, 5) is 24.0. The average Bonchev–Trinajstić information content (AvgIpc) is 2.85. The summed E-state index contributed by atoms with van der Waals surface area (Å²) in [6.07, 6.45) is 11.0. The van der Waals surface area contributed by atoms with E-state index >= 15 is 0 Å². The molecule has 0 bridgehead atoms. The molecule has 2 nitrogen and oxygen atoms in total. The molecule has 0 aromatic carbocycles. The number of rotatable bonds is 1. The van der Waals surface area contributed by atoms with Gasteiger partial charge in [0.25, 0.3) is 0 Å². The summed E-state index contributed by atoms with van der Waals surface area (Å²) in [6.45, 7) is 6.61. The van der Waals surface area contributed by atoms with E-state index in [0.29, 0.717) is 28.8 Å². The Hall–Kier alpha value is -0.920. The van der Waals surface area contributed by atoms with Gasteiger partial charge < -0.3 is 0 Å². The molecule has 0 saturated heterocycles. The van der Waals surface area contributed by atoms with Crippen molar-refractivity contribution in [3.05, 3.63) is 11.6 Å². The molecule has 0 radical (unpaired) electrons. The summed E-state index contributed by atoms with van der Waals surface area (Å²) in [5.74, 6) is 3.10. The lowest BCUT2D eigenvalue weighted by molar-refractivity contribution is -0.133. The van der Waals surface area contributed by atoms with Crippen molar-refractivity contribution < 1.29 is 9.59 Å². The lowest BCUT2D eigenvalue weighted by Crippen LogP contribution is -2.51. The highest BCUT2D eigenvalue weighted by Crippen LogP contribution is 2.65. The fraction of sp³-hybridized carbons (Fsp3) is 0.810. The minimum Gasteiger partial charge on any atom is -0.300 e. The molecule has 0 spiro atoms. The first-order valence-electron chi connectivity index (χ1n) is 9.59. The van der Waals surface area contributed by atoms with Crippen molar-refractivity contribution in [1.82, 2.24) is 0 Å². The highest BCUT2D eigenvalue weighted by Gasteiger charge is 2.57. The Kier molecular flexibility index (Phi) is 3.42. The normalized spacial score (nSPS) is 49.0. The topological polar surface area (TPSA) is 34.1 Å². The van der Waals surface area contributed by atoms with Gasteiger partial charge in [0.05, 0.1) is 0 Å². The highest BCUT2D eigenvalue weighted by atomic mass is 16.1. The molecule has 4 aliphatic carbocycles. The van der Waals surface area contributed by atoms with Crippen LogP contribution < -0.4 is 0 Å². The molecule has 0 heterocycles. The van der Waals surface area contributed by atoms with E-state index in [1.165, 1.54) is 25.7 Å². The Morgan fingerprint density at radius 3 is 2.70 bits per heavy atom. The summed E-state index contributed by atoms with van der Waals surface area (Å²) >= 11 is 0. The zero-order valence-electron chi connectivity index (χ0n) is 14.9. The van der Waals surface area contributed by atoms with E-state index in [0.717, 1.165) is 31.6 Å². The van der Waals surface area contributed by atoms with Crippen LogP contribution in [0.2, 0.25) is 0 Å². The first kappa shape index (κ1) is 15.6. The van der Waals surface area contributed by atoms with Crippen LogP contribution in [0, 0.1) is 34.5 Å². The number of ketones is 2. The third-order valence-corrected chi connectivity index (χ3v) is 8.37. The summed E-state index contributed by atoms with van der Waals surface area (Å²) in [6, 6.07) is 0. The fourth-order valence-electron chi connectivity index (χ4n) is 6.99. The molecule has 0 aromatic heterocycles. The quantitative estimate of drug-likeness (QED) is 0.656. The van der Waals surface area contributed by atoms with E-state index in [1.54, 1.807) is 12.5 Å². The number of allylic oxidation sites excluding steroid dienone is 2. The van der Waals surface area contributed by atoms with Gasteiger partial charge in [-0.15, -0.1) is 0 Å². The van der Waals surface area contributed by atoms with Crippen molar-refractivity contribution in [2.24, 2.45) is 34.5 Å². The average molecular weight is 314 g/mol. The van der Waals surface area contributed by atoms with Crippen LogP contribution in [0.1, 0.15) is 72.1 Å². The summed E-state index contributed by atoms with van der Waals surface area (Å²) in [5.41, 5.74) is 2.10. The second kappa shape index (κ2) is 5.04. The third-order valence-electron chi connectivity index (χ3n) is 8.37. The maximum atomic E-state index is 12.1. The number of hydrogen-bond acceptors (Lipinski definition) is 2. The van der Waals surface area contributed by atoms with Crippen LogP contribution >= 0.6 is 0 Å². The number of Topliss-reactive ketones (excluding diaryl/α,β-unsaturated/α-hetero) is 2. The molecule has 3 saturated carbocycles. The molecule has 4 rings (SSSR count). The monoisotopic (exact) mass is 314 g/mol. The molecule has 0 unspecified atom stereocenters. The predicted octanol–water partition coefficient (Wildman–Crippen LogP) is 4.72. The van der Waals surface area contributed by atoms with E-state index in [-0.39, 0.29) is 11.3 Å². The van der Waals surface area contributed by atoms with Gasteiger partial charge in [-0.2, -0.15) is 0 Å². The SMILES string of the molecule is CC(=O)[C@H]1CC=C2[C@@H]3CC[C@H]4CC(=O)CC[C@]4(C)[C@H]3CC[C@@]21C. The number of fused-ring (bicyclic) bond motifs is 5. The van der Waals surface area contributed by atoms with E-state index in [4.69, 9.17) is 0 Å². The van der Waals surface area contributed by atoms with Crippen LogP contribution in [0.4, 0.5) is 0 Å². The van der Waals surface area contributed by atoms with Gasteiger partial charge in [-0.25, -0.2) is 0 Å². The molecule has 2 heteroatoms. The molecule has 6 atom stereocenters. The van der Waals surface area contributed by atoms with Crippen molar-refractivity contribution in [3.8, 4) is 0 Å². The van der Waals surface area contributed by atoms with Crippen LogP contribution in [0.15, 0.2) is 11.6 Å². The van der Waals surface area contributed by atoms with E-state index < -0.39 is 0 Å². The van der Waals surface area contributed by atoms with Crippen LogP contribution in [0.3, 0.4) is 0 Å². The second-order valence-electron chi connectivity index (χ2n) is 9.25. The molecule has 0 amide bonds. The lowest BCUT2D eigenvalue weighted by Gasteiger charge is -2.58. The van der Waals surface area contributed by atoms with E-state index in [1.807, 2.05) is 0 Å². The summed E-state index contributed by atoms with van der Waals surface area (Å²) in [7, 11) is 0. The zero-order chi connectivity index (χ0) is 16.4. The molecule has 0 aliphatic heterocycles. The number of hydrogen-bond donors (Lipinski definition) is 0. The molecule has 4 aliphatic rings. The smallest absolute Gasteiger partial charge is 0.134 e. The van der Waals surface area contributed by atoms with Crippen molar-refractivity contribution in [3.63, 3.8) is 0 Å². The number of carbonyl (C=O) groups is 2. The predicted molar refractivity (Wildman–Crippen MR) is 90.9 cm³/mol. The maximum absolute atomic E-state index is 12.1. The van der Waals surface area contributed by atoms with Crippen LogP contribution in [-0.2, 0) is 9.59 Å². The minimum absolute atomic E-state index is 0.126. The van der Waals surface area contributed by atoms with Crippen molar-refractivity contribution in [1.29, 1.82) is 0 Å². The molecule has 0 aromatic rings. The summed E-state index contributed by atoms with van der Waals surface area (Å²) < 4.78 is 0. The minimum atomic E-state index is 0.126. The van der Waals surface area contributed by atoms with Crippen LogP contribution in [0.5, 0.6) is 0 Å². The molecule has 126 valence electrons. The molecule has 0 N–H and O–H groups in total. The van der Waals surface area contributed by atoms with Crippen molar-refractivity contribution in [2.45, 2.75) is 72.1 Å². The Bertz CT molecular complexity index is 589. The second-order valence-corrected chi connectivity index (χ2v) is 9.25. The first-order valence-corrected chi connectivity index (χ1v) is 9.59. The summed E-state index contributed by atoms with van der Waals surface area (Å²) in [5, 5.41) is 0. The molecule has 23 heavy (non-hydrogen) atoms. The first-order chi connectivity index (χ1) is 10.9. The standard InChI is InChI=1S/C21H30O2/c1-13(22)17-6-7-18-16-5-4-14-12-15(23)8-10-20(14,2)19(16)9-11-21(17,18)3/h7,14,16-17,19H,4-6,8-12H2,1-3H3/t14-,16-,17+,19-,20-,21+/m0/s1. The van der Waals surface area contributed by atoms with Gasteiger partial charge >= 0.3 is 0 Å². The van der Waals surface area contributed by atoms with Gasteiger partial charge in [-0.3, -0.25) is 9.59 Å². The fourth-order valence-corrected chi connectivity index (χ4v) is 6.99. The molecular weight excluding hydrogens is 284 g/mol. The Morgan fingerprint density at radius 2 is 1.96 bits per heavy atom. The largest absolute Gasteiger partial charge is 0.300 e. The molecule has 3 fully saturated rings. The lowest BCUT2D eigenvalue weighted by atomic mass is 9.46. The number of carbonyl (C=O) groups excluding carboxylic acids is 2. The highest BCUT2D eigenvalue weighted by molar-refractivity contribution is 5.81. The van der Waals surface area contributed by atoms with Gasteiger partial charge in [-0.05, 0) is 74.0 Å². The van der Waals surface area contributed by atoms with Crippen molar-refractivity contribution in [2.75, 3.05) is 0 Å². The van der Waals surface area contributed by atoms with Gasteiger partial charge in [0.2, 0.25) is 0 Å². The van der Waals surface area contributed by atoms with Gasteiger partial charge in [0, 0.05) is 18.8 Å². The van der Waals surface area contributed by atoms with E-state index in [2.05, 4.69) is 19.9 Å².